The number of methoxy groups -OCH3 is 1. The third-order valence-corrected chi connectivity index (χ3v) is 10.2. The predicted octanol–water partition coefficient (Wildman–Crippen LogP) is 3.55. The van der Waals surface area contributed by atoms with E-state index in [-0.39, 0.29) is 48.4 Å². The van der Waals surface area contributed by atoms with Crippen LogP contribution < -0.4 is 15.8 Å². The Kier molecular flexibility index (Phi) is 8.46. The van der Waals surface area contributed by atoms with Crippen molar-refractivity contribution in [1.82, 2.24) is 4.90 Å². The zero-order chi connectivity index (χ0) is 27.6. The van der Waals surface area contributed by atoms with Crippen molar-refractivity contribution in [2.24, 2.45) is 5.92 Å². The molecule has 2 aliphatic heterocycles. The number of nitrogen functional groups attached to an aromatic ring is 1. The van der Waals surface area contributed by atoms with Crippen LogP contribution in [-0.2, 0) is 9.53 Å². The van der Waals surface area contributed by atoms with Gasteiger partial charge in [0.05, 0.1) is 18.8 Å². The van der Waals surface area contributed by atoms with Gasteiger partial charge in [0.15, 0.2) is 8.32 Å². The summed E-state index contributed by atoms with van der Waals surface area (Å²) in [7, 11) is -1.23. The molecule has 5 atom stereocenters. The Morgan fingerprint density at radius 1 is 1.24 bits per heavy atom. The lowest BCUT2D eigenvalue weighted by molar-refractivity contribution is -0.133. The Morgan fingerprint density at radius 2 is 1.95 bits per heavy atom. The summed E-state index contributed by atoms with van der Waals surface area (Å²) in [5, 5.41) is 12.6. The second-order valence-corrected chi connectivity index (χ2v) is 15.0. The number of anilines is 2. The molecule has 38 heavy (non-hydrogen) atoms. The number of ether oxygens (including phenoxy) is 2. The molecule has 1 saturated heterocycles. The molecule has 2 amide bonds. The Balaban J connectivity index is 1.57. The standard InChI is InChI=1S/C28H39N3O6Si/c1-17-26(36-2)22-14-20(30-28(34)18-7-9-19(29)10-8-18)11-12-23(22)37-27(17)24(38(3,4)35)15-25(33)31-13-5-6-21(31)16-32/h7-12,14,17,21,24,26-27,32,35H,5-6,13,15-16,29H2,1-4H3,(H,30,34)/t17-,21+,24?,26-,27-/m1/s1. The van der Waals surface area contributed by atoms with Crippen molar-refractivity contribution in [3.8, 4) is 5.75 Å². The van der Waals surface area contributed by atoms with Crippen molar-refractivity contribution < 1.29 is 29.0 Å². The van der Waals surface area contributed by atoms with E-state index in [1.54, 1.807) is 48.4 Å². The molecule has 206 valence electrons. The Bertz CT molecular complexity index is 1150. The number of carbonyl (C=O) groups is 2. The summed E-state index contributed by atoms with van der Waals surface area (Å²) in [6, 6.07) is 12.0. The van der Waals surface area contributed by atoms with E-state index in [2.05, 4.69) is 5.32 Å². The number of rotatable bonds is 8. The first-order chi connectivity index (χ1) is 18.0. The molecule has 5 N–H and O–H groups in total. The van der Waals surface area contributed by atoms with Crippen molar-refractivity contribution in [1.29, 1.82) is 0 Å². The summed E-state index contributed by atoms with van der Waals surface area (Å²) in [6.07, 6.45) is 1.02. The zero-order valence-corrected chi connectivity index (χ0v) is 23.5. The van der Waals surface area contributed by atoms with Gasteiger partial charge in [-0.2, -0.15) is 0 Å². The molecule has 4 rings (SSSR count). The summed E-state index contributed by atoms with van der Waals surface area (Å²) in [4.78, 5) is 39.0. The van der Waals surface area contributed by atoms with Crippen LogP contribution in [0.2, 0.25) is 18.6 Å². The van der Waals surface area contributed by atoms with Crippen LogP contribution in [0.3, 0.4) is 0 Å². The van der Waals surface area contributed by atoms with Crippen molar-refractivity contribution in [3.63, 3.8) is 0 Å². The zero-order valence-electron chi connectivity index (χ0n) is 22.5. The van der Waals surface area contributed by atoms with Gasteiger partial charge in [0.25, 0.3) is 5.91 Å². The molecular weight excluding hydrogens is 502 g/mol. The maximum atomic E-state index is 13.3. The number of likely N-dealkylation sites (tertiary alicyclic amines) is 1. The SMILES string of the molecule is CO[C@H]1c2cc(NC(=O)c3ccc(N)cc3)ccc2O[C@@H](C(CC(=O)N2CCC[C@H]2CO)[Si](C)(C)O)[C@@H]1C. The average molecular weight is 542 g/mol. The summed E-state index contributed by atoms with van der Waals surface area (Å²) in [6.45, 7) is 6.25. The normalized spacial score (nSPS) is 23.9. The second kappa shape index (κ2) is 11.4. The lowest BCUT2D eigenvalue weighted by Crippen LogP contribution is -2.50. The highest BCUT2D eigenvalue weighted by atomic mass is 28.4. The van der Waals surface area contributed by atoms with E-state index in [0.717, 1.165) is 18.4 Å². The van der Waals surface area contributed by atoms with Crippen LogP contribution >= 0.6 is 0 Å². The fraction of sp³-hybridized carbons (Fsp3) is 0.500. The number of benzene rings is 2. The number of carbonyl (C=O) groups excluding carboxylic acids is 2. The quantitative estimate of drug-likeness (QED) is 0.297. The maximum absolute atomic E-state index is 13.3. The molecule has 0 spiro atoms. The minimum absolute atomic E-state index is 0.0526. The van der Waals surface area contributed by atoms with Gasteiger partial charge < -0.3 is 35.3 Å². The van der Waals surface area contributed by atoms with Crippen LogP contribution in [0.15, 0.2) is 42.5 Å². The van der Waals surface area contributed by atoms with Gasteiger partial charge in [-0.3, -0.25) is 9.59 Å². The van der Waals surface area contributed by atoms with E-state index < -0.39 is 14.4 Å². The van der Waals surface area contributed by atoms with Crippen molar-refractivity contribution in [2.75, 3.05) is 31.3 Å². The molecule has 0 radical (unpaired) electrons. The number of nitrogens with one attached hydrogen (secondary N) is 1. The molecule has 0 saturated carbocycles. The Labute approximate surface area is 225 Å². The third-order valence-electron chi connectivity index (χ3n) is 7.87. The van der Waals surface area contributed by atoms with Gasteiger partial charge in [0.2, 0.25) is 5.91 Å². The molecule has 0 aromatic heterocycles. The summed E-state index contributed by atoms with van der Waals surface area (Å²) in [5.41, 5.74) is 7.84. The van der Waals surface area contributed by atoms with Gasteiger partial charge >= 0.3 is 0 Å². The van der Waals surface area contributed by atoms with Crippen molar-refractivity contribution >= 4 is 31.5 Å². The van der Waals surface area contributed by atoms with Gasteiger partial charge in [-0.1, -0.05) is 6.92 Å². The Hall–Kier alpha value is -2.92. The van der Waals surface area contributed by atoms with Gasteiger partial charge in [-0.15, -0.1) is 0 Å². The van der Waals surface area contributed by atoms with E-state index in [4.69, 9.17) is 15.2 Å². The number of nitrogens with zero attached hydrogens (tertiary/aromatic N) is 1. The minimum Gasteiger partial charge on any atom is -0.490 e. The minimum atomic E-state index is -2.86. The van der Waals surface area contributed by atoms with Crippen LogP contribution in [0.1, 0.15) is 48.2 Å². The molecule has 0 aliphatic carbocycles. The second-order valence-electron chi connectivity index (χ2n) is 11.0. The monoisotopic (exact) mass is 541 g/mol. The van der Waals surface area contributed by atoms with Gasteiger partial charge in [-0.05, 0) is 68.4 Å². The number of hydrogen-bond donors (Lipinski definition) is 4. The molecule has 0 bridgehead atoms. The van der Waals surface area contributed by atoms with E-state index in [1.165, 1.54) is 0 Å². The lowest BCUT2D eigenvalue weighted by atomic mass is 9.86. The molecule has 10 heteroatoms. The largest absolute Gasteiger partial charge is 0.490 e. The molecule has 2 aromatic carbocycles. The first-order valence-corrected chi connectivity index (χ1v) is 16.2. The van der Waals surface area contributed by atoms with E-state index in [9.17, 15) is 19.5 Å². The Morgan fingerprint density at radius 3 is 2.58 bits per heavy atom. The fourth-order valence-corrected chi connectivity index (χ4v) is 7.57. The van der Waals surface area contributed by atoms with Gasteiger partial charge in [0, 0.05) is 54.0 Å². The van der Waals surface area contributed by atoms with Gasteiger partial charge in [0.1, 0.15) is 11.9 Å². The summed E-state index contributed by atoms with van der Waals surface area (Å²) >= 11 is 0. The van der Waals surface area contributed by atoms with E-state index >= 15 is 0 Å². The van der Waals surface area contributed by atoms with Crippen molar-refractivity contribution in [3.05, 3.63) is 53.6 Å². The molecule has 2 heterocycles. The number of amides is 2. The van der Waals surface area contributed by atoms with E-state index in [0.29, 0.717) is 29.2 Å². The first kappa shape index (κ1) is 28.1. The topological polar surface area (TPSA) is 134 Å². The predicted molar refractivity (Wildman–Crippen MR) is 148 cm³/mol. The number of nitrogens with two attached hydrogens (primary N) is 1. The molecule has 2 aromatic rings. The maximum Gasteiger partial charge on any atom is 0.255 e. The number of fused-ring (bicyclic) bond motifs is 1. The lowest BCUT2D eigenvalue weighted by Gasteiger charge is -2.44. The first-order valence-electron chi connectivity index (χ1n) is 13.2. The van der Waals surface area contributed by atoms with E-state index in [1.807, 2.05) is 26.1 Å². The van der Waals surface area contributed by atoms with Crippen LogP contribution in [0.4, 0.5) is 11.4 Å². The molecule has 1 unspecified atom stereocenters. The highest BCUT2D eigenvalue weighted by Gasteiger charge is 2.48. The van der Waals surface area contributed by atoms with Crippen LogP contribution in [-0.4, -0.2) is 67.3 Å². The van der Waals surface area contributed by atoms with Gasteiger partial charge in [-0.25, -0.2) is 0 Å². The number of aliphatic hydroxyl groups is 1. The average Bonchev–Trinajstić information content (AvgIpc) is 3.36. The molecular formula is C28H39N3O6Si. The smallest absolute Gasteiger partial charge is 0.255 e. The third kappa shape index (κ3) is 5.88. The fourth-order valence-electron chi connectivity index (χ4n) is 5.72. The summed E-state index contributed by atoms with van der Waals surface area (Å²) in [5.74, 6) is 0.128. The van der Waals surface area contributed by atoms with Crippen LogP contribution in [0.25, 0.3) is 0 Å². The molecule has 2 aliphatic rings. The highest BCUT2D eigenvalue weighted by molar-refractivity contribution is 6.71. The highest BCUT2D eigenvalue weighted by Crippen LogP contribution is 2.47. The van der Waals surface area contributed by atoms with Crippen LogP contribution in [0, 0.1) is 5.92 Å². The number of hydrogen-bond acceptors (Lipinski definition) is 7. The number of aliphatic hydroxyl groups excluding tert-OH is 1. The summed E-state index contributed by atoms with van der Waals surface area (Å²) < 4.78 is 12.4. The molecule has 9 nitrogen and oxygen atoms in total. The molecule has 1 fully saturated rings. The van der Waals surface area contributed by atoms with Crippen molar-refractivity contribution in [2.45, 2.75) is 63.1 Å². The van der Waals surface area contributed by atoms with Crippen LogP contribution in [0.5, 0.6) is 5.75 Å².